The van der Waals surface area contributed by atoms with Crippen molar-refractivity contribution in [1.29, 1.82) is 0 Å². The van der Waals surface area contributed by atoms with E-state index in [-0.39, 0.29) is 12.8 Å². The molecule has 3 nitrogen and oxygen atoms in total. The van der Waals surface area contributed by atoms with Crippen molar-refractivity contribution >= 4 is 5.97 Å². The molecule has 0 bridgehead atoms. The number of carbonyl (C=O) groups is 1. The first kappa shape index (κ1) is 13.3. The van der Waals surface area contributed by atoms with E-state index in [0.29, 0.717) is 6.42 Å². The minimum absolute atomic E-state index is 0.0477. The second kappa shape index (κ2) is 3.91. The van der Waals surface area contributed by atoms with Crippen LogP contribution in [0.2, 0.25) is 0 Å². The molecule has 1 fully saturated rings. The molecule has 0 spiro atoms. The van der Waals surface area contributed by atoms with Gasteiger partial charge in [0.15, 0.2) is 0 Å². The summed E-state index contributed by atoms with van der Waals surface area (Å²) in [6, 6.07) is 0. The lowest BCUT2D eigenvalue weighted by molar-refractivity contribution is -0.252. The van der Waals surface area contributed by atoms with Gasteiger partial charge in [0.1, 0.15) is 5.54 Å². The first-order valence-electron chi connectivity index (χ1n) is 5.14. The smallest absolute Gasteiger partial charge is 0.369 e. The van der Waals surface area contributed by atoms with Gasteiger partial charge < -0.3 is 4.84 Å². The number of hydrogen-bond acceptors (Lipinski definition) is 3. The van der Waals surface area contributed by atoms with Crippen molar-refractivity contribution in [3.63, 3.8) is 0 Å². The molecule has 1 aliphatic rings. The van der Waals surface area contributed by atoms with Gasteiger partial charge in [0.05, 0.1) is 5.41 Å². The molecule has 1 N–H and O–H groups in total. The molecule has 94 valence electrons. The maximum Gasteiger partial charge on any atom is 0.409 e. The highest BCUT2D eigenvalue weighted by atomic mass is 19.4. The Morgan fingerprint density at radius 2 is 1.75 bits per heavy atom. The minimum atomic E-state index is -4.39. The van der Waals surface area contributed by atoms with Crippen molar-refractivity contribution in [2.45, 2.75) is 51.7 Å². The molecule has 16 heavy (non-hydrogen) atoms. The number of nitrogens with one attached hydrogen (secondary N) is 1. The molecule has 0 aromatic heterocycles. The Balaban J connectivity index is 2.57. The molecule has 6 heteroatoms. The monoisotopic (exact) mass is 239 g/mol. The molecule has 1 rings (SSSR count). The summed E-state index contributed by atoms with van der Waals surface area (Å²) >= 11 is 0. The van der Waals surface area contributed by atoms with Gasteiger partial charge in [0.25, 0.3) is 0 Å². The van der Waals surface area contributed by atoms with Crippen LogP contribution in [0.4, 0.5) is 13.2 Å². The number of alkyl halides is 3. The van der Waals surface area contributed by atoms with Crippen LogP contribution in [-0.4, -0.2) is 17.7 Å². The maximum absolute atomic E-state index is 12.6. The molecule has 0 saturated heterocycles. The van der Waals surface area contributed by atoms with Crippen molar-refractivity contribution in [3.05, 3.63) is 0 Å². The van der Waals surface area contributed by atoms with Gasteiger partial charge in [-0.25, -0.2) is 4.79 Å². The van der Waals surface area contributed by atoms with Crippen LogP contribution in [0.3, 0.4) is 0 Å². The van der Waals surface area contributed by atoms with E-state index in [9.17, 15) is 18.0 Å². The Morgan fingerprint density at radius 3 is 2.00 bits per heavy atom. The van der Waals surface area contributed by atoms with Gasteiger partial charge in [0, 0.05) is 0 Å². The lowest BCUT2D eigenvalue weighted by atomic mass is 9.77. The second-order valence-electron chi connectivity index (χ2n) is 5.18. The van der Waals surface area contributed by atoms with Gasteiger partial charge in [-0.15, -0.1) is 5.48 Å². The van der Waals surface area contributed by atoms with Crippen LogP contribution < -0.4 is 5.48 Å². The highest BCUT2D eigenvalue weighted by Gasteiger charge is 2.59. The number of carbonyl (C=O) groups excluding carboxylic acids is 1. The Morgan fingerprint density at radius 1 is 1.25 bits per heavy atom. The van der Waals surface area contributed by atoms with Gasteiger partial charge in [-0.3, -0.25) is 0 Å². The van der Waals surface area contributed by atoms with E-state index >= 15 is 0 Å². The van der Waals surface area contributed by atoms with Crippen LogP contribution in [-0.2, 0) is 9.63 Å². The van der Waals surface area contributed by atoms with Crippen LogP contribution in [0.5, 0.6) is 0 Å². The van der Waals surface area contributed by atoms with E-state index in [2.05, 4.69) is 4.84 Å². The first-order chi connectivity index (χ1) is 7.08. The Labute approximate surface area is 92.3 Å². The van der Waals surface area contributed by atoms with E-state index in [1.807, 2.05) is 5.48 Å². The van der Waals surface area contributed by atoms with E-state index in [1.165, 1.54) is 0 Å². The first-order valence-corrected chi connectivity index (χ1v) is 5.14. The number of halogens is 3. The van der Waals surface area contributed by atoms with Crippen LogP contribution in [0.1, 0.15) is 40.0 Å². The zero-order chi connectivity index (χ0) is 12.6. The molecular formula is C10H16F3NO2. The molecule has 0 aliphatic heterocycles. The summed E-state index contributed by atoms with van der Waals surface area (Å²) in [5.74, 6) is -0.692. The third-order valence-corrected chi connectivity index (χ3v) is 2.70. The highest BCUT2D eigenvalue weighted by molar-refractivity contribution is 5.75. The van der Waals surface area contributed by atoms with E-state index in [0.717, 1.165) is 0 Å². The predicted octanol–water partition coefficient (Wildman–Crippen LogP) is 2.57. The quantitative estimate of drug-likeness (QED) is 0.752. The average molecular weight is 239 g/mol. The minimum Gasteiger partial charge on any atom is -0.369 e. The Kier molecular flexibility index (Phi) is 3.24. The van der Waals surface area contributed by atoms with Gasteiger partial charge in [-0.1, -0.05) is 0 Å². The van der Waals surface area contributed by atoms with Crippen molar-refractivity contribution in [2.75, 3.05) is 0 Å². The van der Waals surface area contributed by atoms with Crippen LogP contribution >= 0.6 is 0 Å². The second-order valence-corrected chi connectivity index (χ2v) is 5.18. The maximum atomic E-state index is 12.6. The van der Waals surface area contributed by atoms with Crippen molar-refractivity contribution in [1.82, 2.24) is 5.48 Å². The topological polar surface area (TPSA) is 38.3 Å². The van der Waals surface area contributed by atoms with Crippen molar-refractivity contribution in [3.8, 4) is 0 Å². The molecule has 1 aliphatic carbocycles. The number of rotatable bonds is 2. The summed E-state index contributed by atoms with van der Waals surface area (Å²) < 4.78 is 37.9. The molecule has 0 aromatic rings. The summed E-state index contributed by atoms with van der Waals surface area (Å²) in [7, 11) is 0. The summed E-state index contributed by atoms with van der Waals surface area (Å²) in [6.45, 7) is 4.74. The van der Waals surface area contributed by atoms with Crippen LogP contribution in [0.15, 0.2) is 0 Å². The van der Waals surface area contributed by atoms with Crippen LogP contribution in [0.25, 0.3) is 0 Å². The zero-order valence-electron chi connectivity index (χ0n) is 9.57. The molecule has 0 atom stereocenters. The van der Waals surface area contributed by atoms with Gasteiger partial charge in [0.2, 0.25) is 0 Å². The van der Waals surface area contributed by atoms with E-state index in [4.69, 9.17) is 0 Å². The predicted molar refractivity (Wildman–Crippen MR) is 51.3 cm³/mol. The van der Waals surface area contributed by atoms with Crippen molar-refractivity contribution in [2.24, 2.45) is 5.41 Å². The average Bonchev–Trinajstić information content (AvgIpc) is 1.96. The van der Waals surface area contributed by atoms with Crippen molar-refractivity contribution < 1.29 is 22.8 Å². The fourth-order valence-electron chi connectivity index (χ4n) is 1.27. The van der Waals surface area contributed by atoms with Gasteiger partial charge in [-0.2, -0.15) is 13.2 Å². The van der Waals surface area contributed by atoms with E-state index in [1.54, 1.807) is 20.8 Å². The normalized spacial score (nSPS) is 20.1. The molecular weight excluding hydrogens is 223 g/mol. The summed E-state index contributed by atoms with van der Waals surface area (Å²) in [5.41, 5.74) is -0.945. The fraction of sp³-hybridized carbons (Fsp3) is 0.900. The van der Waals surface area contributed by atoms with Gasteiger partial charge in [-0.05, 0) is 40.0 Å². The van der Waals surface area contributed by atoms with Gasteiger partial charge >= 0.3 is 12.1 Å². The number of hydrogen-bond donors (Lipinski definition) is 1. The highest BCUT2D eigenvalue weighted by Crippen LogP contribution is 2.45. The Hall–Kier alpha value is -0.780. The molecule has 0 heterocycles. The standard InChI is InChI=1S/C10H16F3NO2/c1-8(2,3)7(15)16-14-9(5-4-6-9)10(11,12)13/h14H,4-6H2,1-3H3. The lowest BCUT2D eigenvalue weighted by Crippen LogP contribution is -2.62. The summed E-state index contributed by atoms with van der Waals surface area (Å²) in [6.07, 6.45) is -4.00. The third-order valence-electron chi connectivity index (χ3n) is 2.70. The Bertz CT molecular complexity index is 277. The molecule has 0 unspecified atom stereocenters. The van der Waals surface area contributed by atoms with E-state index < -0.39 is 23.1 Å². The fourth-order valence-corrected chi connectivity index (χ4v) is 1.27. The third kappa shape index (κ3) is 2.48. The zero-order valence-corrected chi connectivity index (χ0v) is 9.57. The molecule has 0 radical (unpaired) electrons. The largest absolute Gasteiger partial charge is 0.409 e. The lowest BCUT2D eigenvalue weighted by Gasteiger charge is -2.42. The SMILES string of the molecule is CC(C)(C)C(=O)ONC1(C(F)(F)F)CCC1. The molecule has 1 saturated carbocycles. The summed E-state index contributed by atoms with van der Waals surface area (Å²) in [4.78, 5) is 15.9. The molecule has 0 aromatic carbocycles. The number of hydroxylamine groups is 1. The van der Waals surface area contributed by atoms with Crippen LogP contribution in [0, 0.1) is 5.41 Å². The molecule has 0 amide bonds. The summed E-state index contributed by atoms with van der Waals surface area (Å²) in [5, 5.41) is 0.